The van der Waals surface area contributed by atoms with Gasteiger partial charge in [-0.1, -0.05) is 71.7 Å². The molecule has 1 unspecified atom stereocenters. The van der Waals surface area contributed by atoms with E-state index in [0.717, 1.165) is 72.2 Å². The van der Waals surface area contributed by atoms with Crippen LogP contribution in [-0.2, 0) is 40.4 Å². The number of carbonyl (C=O) groups excluding carboxylic acids is 4. The Labute approximate surface area is 338 Å². The van der Waals surface area contributed by atoms with Gasteiger partial charge in [0.2, 0.25) is 17.7 Å². The SMILES string of the molecule is NC(=O)CCC(NC(=O)[C@H](Cc1ccc(F)c(F)c1)NC(=O)Nc1ccc2c(CN3CCCC3)cn(Cc3c(Cl)cccc3Cl)c2c1)C(=O)NCc1ccccc1. The van der Waals surface area contributed by atoms with E-state index in [4.69, 9.17) is 28.9 Å². The summed E-state index contributed by atoms with van der Waals surface area (Å²) in [7, 11) is 0. The molecule has 5 amide bonds. The number of aromatic nitrogens is 1. The van der Waals surface area contributed by atoms with Crippen LogP contribution in [0.3, 0.4) is 0 Å². The molecule has 0 saturated carbocycles. The van der Waals surface area contributed by atoms with E-state index in [1.807, 2.05) is 47.0 Å². The summed E-state index contributed by atoms with van der Waals surface area (Å²) in [5.41, 5.74) is 9.45. The number of anilines is 1. The summed E-state index contributed by atoms with van der Waals surface area (Å²) in [6, 6.07) is 19.7. The molecule has 4 aromatic carbocycles. The fourth-order valence-corrected chi connectivity index (χ4v) is 7.43. The van der Waals surface area contributed by atoms with Gasteiger partial charge in [0.1, 0.15) is 12.1 Å². The second-order valence-corrected chi connectivity index (χ2v) is 14.9. The van der Waals surface area contributed by atoms with E-state index in [2.05, 4.69) is 32.4 Å². The van der Waals surface area contributed by atoms with Crippen molar-refractivity contribution in [2.45, 2.75) is 63.8 Å². The molecule has 2 heterocycles. The van der Waals surface area contributed by atoms with Gasteiger partial charge in [0.15, 0.2) is 11.6 Å². The predicted octanol–water partition coefficient (Wildman–Crippen LogP) is 6.67. The van der Waals surface area contributed by atoms with E-state index in [0.29, 0.717) is 22.3 Å². The molecule has 298 valence electrons. The highest BCUT2D eigenvalue weighted by Crippen LogP contribution is 2.31. The van der Waals surface area contributed by atoms with Gasteiger partial charge < -0.3 is 31.6 Å². The normalized spacial score (nSPS) is 13.9. The molecule has 2 atom stereocenters. The third-order valence-corrected chi connectivity index (χ3v) is 10.6. The largest absolute Gasteiger partial charge is 0.370 e. The number of fused-ring (bicyclic) bond motifs is 1. The summed E-state index contributed by atoms with van der Waals surface area (Å²) in [4.78, 5) is 54.9. The number of hydrogen-bond acceptors (Lipinski definition) is 5. The number of urea groups is 1. The topological polar surface area (TPSA) is 151 Å². The van der Waals surface area contributed by atoms with Gasteiger partial charge >= 0.3 is 6.03 Å². The van der Waals surface area contributed by atoms with Crippen molar-refractivity contribution in [1.82, 2.24) is 25.4 Å². The minimum absolute atomic E-state index is 0.120. The van der Waals surface area contributed by atoms with Gasteiger partial charge in [-0.2, -0.15) is 0 Å². The van der Waals surface area contributed by atoms with Gasteiger partial charge in [-0.05, 0) is 85.4 Å². The Morgan fingerprint density at radius 1 is 0.772 bits per heavy atom. The standard InChI is InChI=1S/C42H43Cl2F2N7O4/c43-32-9-6-10-33(44)31(32)25-53-24-28(23-52-17-4-5-18-52)30-13-12-29(21-38(30)53)49-42(57)51-37(20-27-11-14-34(45)35(46)19-27)41(56)50-36(15-16-39(47)54)40(55)48-22-26-7-2-1-3-8-26/h1-3,6-14,19,21,24,36-37H,4-5,15-18,20,22-23,25H2,(H2,47,54)(H,48,55)(H,50,56)(H2,49,51,57)/t36?,37-/m0/s1. The molecule has 1 saturated heterocycles. The number of halogens is 4. The number of likely N-dealkylation sites (tertiary alicyclic amines) is 1. The van der Waals surface area contributed by atoms with E-state index in [1.165, 1.54) is 6.07 Å². The minimum Gasteiger partial charge on any atom is -0.370 e. The fraction of sp³-hybridized carbons (Fsp3) is 0.286. The Balaban J connectivity index is 1.23. The lowest BCUT2D eigenvalue weighted by atomic mass is 10.0. The van der Waals surface area contributed by atoms with Crippen LogP contribution in [0.4, 0.5) is 19.3 Å². The van der Waals surface area contributed by atoms with Crippen LogP contribution in [-0.4, -0.2) is 58.4 Å². The third kappa shape index (κ3) is 11.1. The molecule has 11 nitrogen and oxygen atoms in total. The van der Waals surface area contributed by atoms with Crippen molar-refractivity contribution in [3.05, 3.63) is 135 Å². The average Bonchev–Trinajstić information content (AvgIpc) is 3.82. The van der Waals surface area contributed by atoms with Gasteiger partial charge in [-0.15, -0.1) is 0 Å². The third-order valence-electron chi connectivity index (χ3n) is 9.87. The molecule has 57 heavy (non-hydrogen) atoms. The molecule has 0 bridgehead atoms. The first-order valence-electron chi connectivity index (χ1n) is 18.6. The van der Waals surface area contributed by atoms with Gasteiger partial charge in [0, 0.05) is 58.8 Å². The molecule has 6 rings (SSSR count). The van der Waals surface area contributed by atoms with E-state index in [9.17, 15) is 28.0 Å². The fourth-order valence-electron chi connectivity index (χ4n) is 6.91. The highest BCUT2D eigenvalue weighted by atomic mass is 35.5. The molecule has 6 N–H and O–H groups in total. The van der Waals surface area contributed by atoms with Gasteiger partial charge in [0.25, 0.3) is 0 Å². The second kappa shape index (κ2) is 19.1. The zero-order valence-corrected chi connectivity index (χ0v) is 32.5. The summed E-state index contributed by atoms with van der Waals surface area (Å²) >= 11 is 13.1. The highest BCUT2D eigenvalue weighted by Gasteiger charge is 2.28. The quantitative estimate of drug-likeness (QED) is 0.0754. The number of amides is 5. The van der Waals surface area contributed by atoms with E-state index in [-0.39, 0.29) is 31.4 Å². The second-order valence-electron chi connectivity index (χ2n) is 14.1. The first-order chi connectivity index (χ1) is 27.4. The summed E-state index contributed by atoms with van der Waals surface area (Å²) in [6.45, 7) is 3.29. The lowest BCUT2D eigenvalue weighted by Crippen LogP contribution is -2.55. The van der Waals surface area contributed by atoms with Gasteiger partial charge in [-0.3, -0.25) is 19.3 Å². The Kier molecular flexibility index (Phi) is 13.8. The lowest BCUT2D eigenvalue weighted by molar-refractivity contribution is -0.130. The maximum absolute atomic E-state index is 14.3. The van der Waals surface area contributed by atoms with Crippen LogP contribution in [0.1, 0.15) is 47.9 Å². The van der Waals surface area contributed by atoms with Crippen molar-refractivity contribution in [3.8, 4) is 0 Å². The van der Waals surface area contributed by atoms with E-state index >= 15 is 0 Å². The highest BCUT2D eigenvalue weighted by molar-refractivity contribution is 6.36. The minimum atomic E-state index is -1.37. The number of carbonyl (C=O) groups is 4. The molecular weight excluding hydrogens is 775 g/mol. The molecule has 0 spiro atoms. The molecule has 15 heteroatoms. The van der Waals surface area contributed by atoms with Crippen LogP contribution in [0.15, 0.2) is 91.1 Å². The summed E-state index contributed by atoms with van der Waals surface area (Å²) in [5.74, 6) is -4.27. The molecule has 0 radical (unpaired) electrons. The number of nitrogens with two attached hydrogens (primary N) is 1. The Hall–Kier alpha value is -5.50. The first kappa shape index (κ1) is 41.1. The Bertz CT molecular complexity index is 2230. The van der Waals surface area contributed by atoms with Crippen molar-refractivity contribution in [2.75, 3.05) is 18.4 Å². The predicted molar refractivity (Wildman–Crippen MR) is 217 cm³/mol. The van der Waals surface area contributed by atoms with Crippen molar-refractivity contribution >= 4 is 63.5 Å². The van der Waals surface area contributed by atoms with Crippen LogP contribution in [0.2, 0.25) is 10.0 Å². The number of nitrogens with one attached hydrogen (secondary N) is 4. The van der Waals surface area contributed by atoms with Crippen LogP contribution in [0, 0.1) is 11.6 Å². The number of hydrogen-bond donors (Lipinski definition) is 5. The number of nitrogens with zero attached hydrogens (tertiary/aromatic N) is 2. The van der Waals surface area contributed by atoms with Crippen LogP contribution in [0.5, 0.6) is 0 Å². The first-order valence-corrected chi connectivity index (χ1v) is 19.4. The van der Waals surface area contributed by atoms with Gasteiger partial charge in [0.05, 0.1) is 12.1 Å². The lowest BCUT2D eigenvalue weighted by Gasteiger charge is -2.23. The monoisotopic (exact) mass is 817 g/mol. The molecule has 1 fully saturated rings. The molecule has 1 aliphatic heterocycles. The number of primary amides is 1. The summed E-state index contributed by atoms with van der Waals surface area (Å²) < 4.78 is 30.1. The number of rotatable bonds is 16. The smallest absolute Gasteiger partial charge is 0.319 e. The summed E-state index contributed by atoms with van der Waals surface area (Å²) in [6.07, 6.45) is 3.76. The molecule has 1 aromatic heterocycles. The van der Waals surface area contributed by atoms with Crippen LogP contribution < -0.4 is 27.0 Å². The van der Waals surface area contributed by atoms with E-state index in [1.54, 1.807) is 24.3 Å². The number of benzene rings is 4. The summed E-state index contributed by atoms with van der Waals surface area (Å²) in [5, 5.41) is 12.8. The zero-order valence-electron chi connectivity index (χ0n) is 31.0. The molecular formula is C42H43Cl2F2N7O4. The zero-order chi connectivity index (χ0) is 40.5. The van der Waals surface area contributed by atoms with Crippen molar-refractivity contribution in [2.24, 2.45) is 5.73 Å². The van der Waals surface area contributed by atoms with Gasteiger partial charge in [-0.25, -0.2) is 13.6 Å². The van der Waals surface area contributed by atoms with Crippen LogP contribution in [0.25, 0.3) is 10.9 Å². The maximum Gasteiger partial charge on any atom is 0.319 e. The molecule has 5 aromatic rings. The molecule has 1 aliphatic rings. The molecule has 0 aliphatic carbocycles. The van der Waals surface area contributed by atoms with Crippen molar-refractivity contribution in [3.63, 3.8) is 0 Å². The van der Waals surface area contributed by atoms with Crippen LogP contribution >= 0.6 is 23.2 Å². The Morgan fingerprint density at radius 3 is 2.21 bits per heavy atom. The van der Waals surface area contributed by atoms with E-state index < -0.39 is 47.5 Å². The maximum atomic E-state index is 14.3. The van der Waals surface area contributed by atoms with Crippen molar-refractivity contribution < 1.29 is 28.0 Å². The average molecular weight is 819 g/mol. The van der Waals surface area contributed by atoms with Crippen molar-refractivity contribution in [1.29, 1.82) is 0 Å². The Morgan fingerprint density at radius 2 is 1.51 bits per heavy atom.